The third-order valence-electron chi connectivity index (χ3n) is 1.46. The van der Waals surface area contributed by atoms with Crippen molar-refractivity contribution in [3.8, 4) is 0 Å². The summed E-state index contributed by atoms with van der Waals surface area (Å²) in [5.41, 5.74) is 8.80. The molecule has 0 aromatic carbocycles. The second-order valence-corrected chi connectivity index (χ2v) is 2.39. The molecule has 1 aliphatic carbocycles. The quantitative estimate of drug-likeness (QED) is 0.499. The topological polar surface area (TPSA) is 82.9 Å². The Morgan fingerprint density at radius 2 is 2.46 bits per heavy atom. The van der Waals surface area contributed by atoms with Gasteiger partial charge in [-0.05, 0) is 6.08 Å². The van der Waals surface area contributed by atoms with Crippen molar-refractivity contribution in [2.45, 2.75) is 6.10 Å². The maximum Gasteiger partial charge on any atom is 0.329 e. The third-order valence-corrected chi connectivity index (χ3v) is 1.46. The van der Waals surface area contributed by atoms with Gasteiger partial charge in [0.25, 0.3) is 0 Å². The Morgan fingerprint density at radius 1 is 1.69 bits per heavy atom. The van der Waals surface area contributed by atoms with Crippen LogP contribution < -0.4 is 0 Å². The fraction of sp³-hybridized carbons (Fsp3) is 0.250. The predicted octanol–water partition coefficient (Wildman–Crippen LogP) is 0.253. The molecule has 0 aliphatic heterocycles. The lowest BCUT2D eigenvalue weighted by Gasteiger charge is -2.07. The van der Waals surface area contributed by atoms with E-state index in [0.29, 0.717) is 5.71 Å². The van der Waals surface area contributed by atoms with Gasteiger partial charge >= 0.3 is 11.7 Å². The summed E-state index contributed by atoms with van der Waals surface area (Å²) in [7, 11) is 0. The summed E-state index contributed by atoms with van der Waals surface area (Å²) in [5, 5.41) is 8.33. The highest BCUT2D eigenvalue weighted by Gasteiger charge is 2.21. The van der Waals surface area contributed by atoms with Gasteiger partial charge in [-0.3, -0.25) is 0 Å². The zero-order valence-electron chi connectivity index (χ0n) is 6.75. The SMILES string of the molecule is [N-]=[N+]=C1C=CC=CC1OCC(=O)O. The van der Waals surface area contributed by atoms with Gasteiger partial charge in [0.1, 0.15) is 6.61 Å². The molecule has 1 unspecified atom stereocenters. The molecular weight excluding hydrogens is 172 g/mol. The van der Waals surface area contributed by atoms with Gasteiger partial charge in [-0.1, -0.05) is 12.2 Å². The van der Waals surface area contributed by atoms with Crippen LogP contribution in [0.15, 0.2) is 24.3 Å². The first-order valence-electron chi connectivity index (χ1n) is 3.64. The molecule has 13 heavy (non-hydrogen) atoms. The molecule has 0 heterocycles. The number of hydrogen-bond donors (Lipinski definition) is 1. The first-order valence-corrected chi connectivity index (χ1v) is 3.64. The van der Waals surface area contributed by atoms with Gasteiger partial charge < -0.3 is 15.4 Å². The van der Waals surface area contributed by atoms with Crippen molar-refractivity contribution < 1.29 is 19.4 Å². The molecule has 5 heteroatoms. The van der Waals surface area contributed by atoms with Crippen LogP contribution in [0.5, 0.6) is 0 Å². The van der Waals surface area contributed by atoms with Crippen LogP contribution in [-0.4, -0.2) is 34.3 Å². The van der Waals surface area contributed by atoms with Crippen LogP contribution in [-0.2, 0) is 9.53 Å². The maximum atomic E-state index is 10.2. The fourth-order valence-corrected chi connectivity index (χ4v) is 0.905. The minimum atomic E-state index is -1.06. The van der Waals surface area contributed by atoms with Crippen LogP contribution in [0.25, 0.3) is 5.53 Å². The average Bonchev–Trinajstić information content (AvgIpc) is 2.15. The van der Waals surface area contributed by atoms with Gasteiger partial charge in [-0.15, -0.1) is 0 Å². The molecule has 1 atom stereocenters. The Labute approximate surface area is 74.6 Å². The van der Waals surface area contributed by atoms with E-state index in [1.807, 2.05) is 0 Å². The van der Waals surface area contributed by atoms with Crippen molar-refractivity contribution in [2.24, 2.45) is 0 Å². The molecule has 0 aromatic rings. The summed E-state index contributed by atoms with van der Waals surface area (Å²) in [6.45, 7) is -0.415. The first kappa shape index (κ1) is 9.38. The highest BCUT2D eigenvalue weighted by atomic mass is 16.5. The number of aliphatic carboxylic acids is 1. The number of nitrogens with zero attached hydrogens (tertiary/aromatic N) is 2. The molecule has 68 valence electrons. The van der Waals surface area contributed by atoms with Crippen molar-refractivity contribution in [3.63, 3.8) is 0 Å². The van der Waals surface area contributed by atoms with E-state index in [4.69, 9.17) is 15.4 Å². The molecule has 0 saturated carbocycles. The van der Waals surface area contributed by atoms with E-state index in [2.05, 4.69) is 4.79 Å². The second-order valence-electron chi connectivity index (χ2n) is 2.39. The van der Waals surface area contributed by atoms with Gasteiger partial charge in [0.15, 0.2) is 6.10 Å². The molecule has 0 fully saturated rings. The number of carboxylic acids is 1. The van der Waals surface area contributed by atoms with E-state index in [9.17, 15) is 4.79 Å². The molecular formula is C8H8N2O3. The van der Waals surface area contributed by atoms with E-state index >= 15 is 0 Å². The van der Waals surface area contributed by atoms with Crippen LogP contribution in [0.1, 0.15) is 0 Å². The van der Waals surface area contributed by atoms with Crippen LogP contribution in [0.4, 0.5) is 0 Å². The van der Waals surface area contributed by atoms with E-state index in [1.54, 1.807) is 24.3 Å². The van der Waals surface area contributed by atoms with Crippen LogP contribution in [0.2, 0.25) is 0 Å². The van der Waals surface area contributed by atoms with E-state index in [0.717, 1.165) is 0 Å². The number of carbonyl (C=O) groups is 1. The largest absolute Gasteiger partial charge is 0.480 e. The molecule has 0 bridgehead atoms. The lowest BCUT2D eigenvalue weighted by molar-refractivity contribution is -0.142. The summed E-state index contributed by atoms with van der Waals surface area (Å²) in [6.07, 6.45) is 5.95. The van der Waals surface area contributed by atoms with Crippen molar-refractivity contribution in [2.75, 3.05) is 6.61 Å². The minimum absolute atomic E-state index is 0.295. The minimum Gasteiger partial charge on any atom is -0.480 e. The molecule has 1 N–H and O–H groups in total. The molecule has 0 aromatic heterocycles. The Morgan fingerprint density at radius 3 is 3.08 bits per heavy atom. The van der Waals surface area contributed by atoms with Gasteiger partial charge in [0.2, 0.25) is 0 Å². The van der Waals surface area contributed by atoms with E-state index < -0.39 is 18.7 Å². The Hall–Kier alpha value is -1.71. The zero-order chi connectivity index (χ0) is 9.68. The van der Waals surface area contributed by atoms with Crippen molar-refractivity contribution in [1.82, 2.24) is 0 Å². The van der Waals surface area contributed by atoms with Crippen molar-refractivity contribution >= 4 is 11.7 Å². The maximum absolute atomic E-state index is 10.2. The zero-order valence-corrected chi connectivity index (χ0v) is 6.75. The molecule has 0 amide bonds. The van der Waals surface area contributed by atoms with Crippen LogP contribution in [0, 0.1) is 0 Å². The standard InChI is InChI=1S/C8H8N2O3/c9-10-6-3-1-2-4-7(6)13-5-8(11)12/h1-4,7H,5H2,(H,11,12). The Kier molecular flexibility index (Phi) is 3.14. The summed E-state index contributed by atoms with van der Waals surface area (Å²) >= 11 is 0. The van der Waals surface area contributed by atoms with Gasteiger partial charge in [-0.25, -0.2) is 4.79 Å². The highest BCUT2D eigenvalue weighted by molar-refractivity contribution is 5.96. The number of allylic oxidation sites excluding steroid dienone is 2. The molecule has 1 rings (SSSR count). The lowest BCUT2D eigenvalue weighted by Crippen LogP contribution is -2.25. The summed E-state index contributed by atoms with van der Waals surface area (Å²) in [6, 6.07) is 0. The summed E-state index contributed by atoms with van der Waals surface area (Å²) < 4.78 is 4.92. The monoisotopic (exact) mass is 180 g/mol. The van der Waals surface area contributed by atoms with Gasteiger partial charge in [0, 0.05) is 6.08 Å². The Balaban J connectivity index is 2.59. The number of ether oxygens (including phenoxy) is 1. The molecule has 1 aliphatic rings. The predicted molar refractivity (Wildman–Crippen MR) is 44.3 cm³/mol. The van der Waals surface area contributed by atoms with Crippen LogP contribution >= 0.6 is 0 Å². The smallest absolute Gasteiger partial charge is 0.329 e. The highest BCUT2D eigenvalue weighted by Crippen LogP contribution is 2.03. The summed E-state index contributed by atoms with van der Waals surface area (Å²) in [5.74, 6) is -1.06. The normalized spacial score (nSPS) is 20.0. The fourth-order valence-electron chi connectivity index (χ4n) is 0.905. The average molecular weight is 180 g/mol. The second kappa shape index (κ2) is 4.35. The van der Waals surface area contributed by atoms with Gasteiger partial charge in [0.05, 0.1) is 0 Å². The number of hydrogen-bond acceptors (Lipinski definition) is 2. The molecule has 5 nitrogen and oxygen atoms in total. The number of rotatable bonds is 3. The van der Waals surface area contributed by atoms with Gasteiger partial charge in [-0.2, -0.15) is 4.79 Å². The van der Waals surface area contributed by atoms with E-state index in [1.165, 1.54) is 0 Å². The first-order chi connectivity index (χ1) is 6.24. The Bertz CT molecular complexity index is 313. The molecule has 0 radical (unpaired) electrons. The van der Waals surface area contributed by atoms with E-state index in [-0.39, 0.29) is 0 Å². The number of carboxylic acid groups (broad SMARTS) is 1. The lowest BCUT2D eigenvalue weighted by atomic mass is 10.1. The summed E-state index contributed by atoms with van der Waals surface area (Å²) in [4.78, 5) is 13.1. The van der Waals surface area contributed by atoms with Crippen molar-refractivity contribution in [1.29, 1.82) is 0 Å². The van der Waals surface area contributed by atoms with Crippen LogP contribution in [0.3, 0.4) is 0 Å². The molecule has 0 saturated heterocycles. The third kappa shape index (κ3) is 2.66. The molecule has 0 spiro atoms. The van der Waals surface area contributed by atoms with Crippen molar-refractivity contribution in [3.05, 3.63) is 29.8 Å².